The summed E-state index contributed by atoms with van der Waals surface area (Å²) in [6, 6.07) is 0.677. The first-order chi connectivity index (χ1) is 10.3. The van der Waals surface area contributed by atoms with Crippen LogP contribution in [0.4, 0.5) is 4.79 Å². The smallest absolute Gasteiger partial charge is 0.410 e. The molecule has 0 aromatic heterocycles. The highest BCUT2D eigenvalue weighted by molar-refractivity contribution is 5.68. The molecule has 22 heavy (non-hydrogen) atoms. The Morgan fingerprint density at radius 3 is 2.77 bits per heavy atom. The van der Waals surface area contributed by atoms with Crippen molar-refractivity contribution in [2.45, 2.75) is 83.9 Å². The largest absolute Gasteiger partial charge is 0.444 e. The Bertz CT molecular complexity index is 349. The highest BCUT2D eigenvalue weighted by Crippen LogP contribution is 2.23. The Balaban J connectivity index is 2.61. The van der Waals surface area contributed by atoms with Gasteiger partial charge in [-0.05, 0) is 59.9 Å². The maximum Gasteiger partial charge on any atom is 0.410 e. The summed E-state index contributed by atoms with van der Waals surface area (Å²) < 4.78 is 5.60. The number of nitrogens with zero attached hydrogens (tertiary/aromatic N) is 1. The first-order valence-corrected chi connectivity index (χ1v) is 8.67. The van der Waals surface area contributed by atoms with Crippen LogP contribution in [0, 0.1) is 0 Å². The van der Waals surface area contributed by atoms with E-state index in [-0.39, 0.29) is 12.1 Å². The first-order valence-electron chi connectivity index (χ1n) is 8.67. The molecule has 1 heterocycles. The Morgan fingerprint density at radius 1 is 1.41 bits per heavy atom. The molecule has 0 aromatic rings. The van der Waals surface area contributed by atoms with Gasteiger partial charge in [-0.15, -0.1) is 6.58 Å². The minimum Gasteiger partial charge on any atom is -0.444 e. The van der Waals surface area contributed by atoms with E-state index >= 15 is 0 Å². The maximum absolute atomic E-state index is 12.5. The summed E-state index contributed by atoms with van der Waals surface area (Å²) in [5, 5.41) is 3.51. The van der Waals surface area contributed by atoms with Crippen molar-refractivity contribution < 1.29 is 9.53 Å². The molecule has 1 N–H and O–H groups in total. The molecule has 2 unspecified atom stereocenters. The van der Waals surface area contributed by atoms with Crippen LogP contribution in [0.1, 0.15) is 66.2 Å². The van der Waals surface area contributed by atoms with Gasteiger partial charge in [0.1, 0.15) is 5.60 Å². The van der Waals surface area contributed by atoms with E-state index in [9.17, 15) is 4.79 Å². The number of amides is 1. The zero-order chi connectivity index (χ0) is 16.6. The summed E-state index contributed by atoms with van der Waals surface area (Å²) in [6.07, 6.45) is 8.29. The van der Waals surface area contributed by atoms with Gasteiger partial charge in [-0.2, -0.15) is 0 Å². The van der Waals surface area contributed by atoms with Gasteiger partial charge in [0, 0.05) is 18.6 Å². The Kier molecular flexibility index (Phi) is 7.94. The molecule has 1 aliphatic heterocycles. The summed E-state index contributed by atoms with van der Waals surface area (Å²) in [4.78, 5) is 14.5. The van der Waals surface area contributed by atoms with Gasteiger partial charge in [0.2, 0.25) is 0 Å². The van der Waals surface area contributed by atoms with Crippen molar-refractivity contribution in [1.82, 2.24) is 10.2 Å². The van der Waals surface area contributed by atoms with Gasteiger partial charge in [0.05, 0.1) is 0 Å². The minimum absolute atomic E-state index is 0.155. The van der Waals surface area contributed by atoms with Crippen molar-refractivity contribution in [2.75, 3.05) is 13.1 Å². The second-order valence-corrected chi connectivity index (χ2v) is 7.35. The zero-order valence-electron chi connectivity index (χ0n) is 14.9. The lowest BCUT2D eigenvalue weighted by molar-refractivity contribution is 0.0150. The van der Waals surface area contributed by atoms with Crippen LogP contribution < -0.4 is 5.32 Å². The molecular weight excluding hydrogens is 276 g/mol. The van der Waals surface area contributed by atoms with Gasteiger partial charge < -0.3 is 15.0 Å². The van der Waals surface area contributed by atoms with Crippen LogP contribution in [0.3, 0.4) is 0 Å². The normalized spacial score (nSPS) is 21.1. The van der Waals surface area contributed by atoms with Crippen molar-refractivity contribution in [1.29, 1.82) is 0 Å². The number of likely N-dealkylation sites (tertiary alicyclic amines) is 1. The van der Waals surface area contributed by atoms with E-state index in [4.69, 9.17) is 4.74 Å². The molecule has 4 nitrogen and oxygen atoms in total. The molecule has 1 saturated heterocycles. The summed E-state index contributed by atoms with van der Waals surface area (Å²) in [5.41, 5.74) is -0.429. The summed E-state index contributed by atoms with van der Waals surface area (Å²) >= 11 is 0. The Morgan fingerprint density at radius 2 is 2.14 bits per heavy atom. The molecule has 0 spiro atoms. The predicted octanol–water partition coefficient (Wildman–Crippen LogP) is 4.11. The van der Waals surface area contributed by atoms with E-state index in [1.807, 2.05) is 31.7 Å². The quantitative estimate of drug-likeness (QED) is 0.593. The summed E-state index contributed by atoms with van der Waals surface area (Å²) in [5.74, 6) is 0. The third-order valence-corrected chi connectivity index (χ3v) is 3.97. The first kappa shape index (κ1) is 19.0. The van der Waals surface area contributed by atoms with Crippen LogP contribution in [0.2, 0.25) is 0 Å². The minimum atomic E-state index is -0.429. The molecule has 0 saturated carbocycles. The number of nitrogens with one attached hydrogen (secondary N) is 1. The third kappa shape index (κ3) is 7.30. The van der Waals surface area contributed by atoms with Gasteiger partial charge in [-0.25, -0.2) is 4.79 Å². The van der Waals surface area contributed by atoms with E-state index in [0.717, 1.165) is 38.8 Å². The highest BCUT2D eigenvalue weighted by Gasteiger charge is 2.30. The lowest BCUT2D eigenvalue weighted by atomic mass is 10.0. The van der Waals surface area contributed by atoms with E-state index in [1.165, 1.54) is 12.8 Å². The van der Waals surface area contributed by atoms with Crippen LogP contribution in [-0.4, -0.2) is 41.8 Å². The molecule has 0 aliphatic carbocycles. The van der Waals surface area contributed by atoms with Crippen LogP contribution in [0.15, 0.2) is 12.7 Å². The number of hydrogen-bond acceptors (Lipinski definition) is 3. The number of carbonyl (C=O) groups is 1. The fraction of sp³-hybridized carbons (Fsp3) is 0.833. The van der Waals surface area contributed by atoms with Crippen LogP contribution in [0.5, 0.6) is 0 Å². The maximum atomic E-state index is 12.5. The Hall–Kier alpha value is -1.03. The van der Waals surface area contributed by atoms with Gasteiger partial charge in [0.25, 0.3) is 0 Å². The van der Waals surface area contributed by atoms with Gasteiger partial charge in [0.15, 0.2) is 0 Å². The summed E-state index contributed by atoms with van der Waals surface area (Å²) in [6.45, 7) is 13.5. The number of rotatable bonds is 6. The molecule has 2 atom stereocenters. The Labute approximate surface area is 136 Å². The van der Waals surface area contributed by atoms with Crippen LogP contribution in [0.25, 0.3) is 0 Å². The van der Waals surface area contributed by atoms with Gasteiger partial charge >= 0.3 is 6.09 Å². The fourth-order valence-corrected chi connectivity index (χ4v) is 2.91. The molecule has 0 bridgehead atoms. The molecule has 1 aliphatic rings. The third-order valence-electron chi connectivity index (χ3n) is 3.97. The van der Waals surface area contributed by atoms with Crippen molar-refractivity contribution >= 4 is 6.09 Å². The van der Waals surface area contributed by atoms with Crippen molar-refractivity contribution in [3.05, 3.63) is 12.7 Å². The van der Waals surface area contributed by atoms with E-state index < -0.39 is 5.60 Å². The van der Waals surface area contributed by atoms with E-state index in [0.29, 0.717) is 6.04 Å². The molecule has 4 heteroatoms. The zero-order valence-corrected chi connectivity index (χ0v) is 14.9. The van der Waals surface area contributed by atoms with Crippen molar-refractivity contribution in [3.8, 4) is 0 Å². The van der Waals surface area contributed by atoms with Gasteiger partial charge in [-0.3, -0.25) is 0 Å². The highest BCUT2D eigenvalue weighted by atomic mass is 16.6. The molecule has 128 valence electrons. The number of carbonyl (C=O) groups excluding carboxylic acids is 1. The predicted molar refractivity (Wildman–Crippen MR) is 92.1 cm³/mol. The van der Waals surface area contributed by atoms with Crippen LogP contribution in [-0.2, 0) is 4.74 Å². The standard InChI is InChI=1S/C18H34N2O2/c1-6-7-12-19-15(2)14-16-11-9-8-10-13-20(16)17(21)22-18(3,4)5/h6,15-16,19H,1,7-14H2,2-5H3. The molecule has 0 radical (unpaired) electrons. The van der Waals surface area contributed by atoms with E-state index in [2.05, 4.69) is 18.8 Å². The number of hydrogen-bond donors (Lipinski definition) is 1. The lowest BCUT2D eigenvalue weighted by Crippen LogP contribution is -2.45. The average molecular weight is 310 g/mol. The molecule has 1 rings (SSSR count). The topological polar surface area (TPSA) is 41.6 Å². The molecular formula is C18H34N2O2. The van der Waals surface area contributed by atoms with E-state index in [1.54, 1.807) is 0 Å². The van der Waals surface area contributed by atoms with Crippen molar-refractivity contribution in [2.24, 2.45) is 0 Å². The second kappa shape index (κ2) is 9.19. The van der Waals surface area contributed by atoms with Crippen molar-refractivity contribution in [3.63, 3.8) is 0 Å². The molecule has 0 aromatic carbocycles. The summed E-state index contributed by atoms with van der Waals surface area (Å²) in [7, 11) is 0. The lowest BCUT2D eigenvalue weighted by Gasteiger charge is -2.33. The van der Waals surface area contributed by atoms with Gasteiger partial charge in [-0.1, -0.05) is 18.9 Å². The number of ether oxygens (including phenoxy) is 1. The average Bonchev–Trinajstić information content (AvgIpc) is 2.62. The fourth-order valence-electron chi connectivity index (χ4n) is 2.91. The van der Waals surface area contributed by atoms with Crippen LogP contribution >= 0.6 is 0 Å². The SMILES string of the molecule is C=CCCNC(C)CC1CCCCCN1C(=O)OC(C)(C)C. The second-order valence-electron chi connectivity index (χ2n) is 7.35. The molecule has 1 fully saturated rings. The molecule has 1 amide bonds. The monoisotopic (exact) mass is 310 g/mol.